The second-order valence-electron chi connectivity index (χ2n) is 6.72. The van der Waals surface area contributed by atoms with E-state index in [1.165, 1.54) is 4.90 Å². The van der Waals surface area contributed by atoms with Crippen LogP contribution in [0.15, 0.2) is 54.6 Å². The van der Waals surface area contributed by atoms with Crippen LogP contribution in [0.25, 0.3) is 16.9 Å². The van der Waals surface area contributed by atoms with Crippen LogP contribution in [0.2, 0.25) is 0 Å². The number of methoxy groups -OCH3 is 1. The smallest absolute Gasteiger partial charge is 0.260 e. The van der Waals surface area contributed by atoms with Crippen molar-refractivity contribution < 1.29 is 19.0 Å². The van der Waals surface area contributed by atoms with Gasteiger partial charge < -0.3 is 24.8 Å². The Hall–Kier alpha value is -3.23. The standard InChI is InChI=1S/C22H26N4O4.ClH/c1-25(2)22(27)15-30-21-14-20(16-4-8-19(9-5-16)29-13-12-23)26(24-21)17-6-10-18(28-3)11-7-17;/h4-11,14H,12-13,15,23H2,1-3H3;1H. The summed E-state index contributed by atoms with van der Waals surface area (Å²) >= 11 is 0. The van der Waals surface area contributed by atoms with Gasteiger partial charge in [0.25, 0.3) is 5.91 Å². The fraction of sp³-hybridized carbons (Fsp3) is 0.273. The molecule has 0 atom stereocenters. The van der Waals surface area contributed by atoms with Crippen molar-refractivity contribution in [1.82, 2.24) is 14.7 Å². The van der Waals surface area contributed by atoms with Gasteiger partial charge in [0.15, 0.2) is 6.61 Å². The van der Waals surface area contributed by atoms with Gasteiger partial charge in [0.2, 0.25) is 5.88 Å². The highest BCUT2D eigenvalue weighted by Crippen LogP contribution is 2.29. The van der Waals surface area contributed by atoms with Crippen LogP contribution >= 0.6 is 12.4 Å². The van der Waals surface area contributed by atoms with Crippen molar-refractivity contribution in [3.63, 3.8) is 0 Å². The van der Waals surface area contributed by atoms with Crippen LogP contribution in [0, 0.1) is 0 Å². The number of carbonyl (C=O) groups excluding carboxylic acids is 1. The number of rotatable bonds is 9. The van der Waals surface area contributed by atoms with Gasteiger partial charge in [-0.1, -0.05) is 0 Å². The normalized spacial score (nSPS) is 10.2. The lowest BCUT2D eigenvalue weighted by Crippen LogP contribution is -2.27. The van der Waals surface area contributed by atoms with Crippen LogP contribution in [0.4, 0.5) is 0 Å². The van der Waals surface area contributed by atoms with Crippen molar-refractivity contribution in [1.29, 1.82) is 0 Å². The van der Waals surface area contributed by atoms with Gasteiger partial charge in [-0.3, -0.25) is 4.79 Å². The number of aromatic nitrogens is 2. The number of likely N-dealkylation sites (N-methyl/N-ethyl adjacent to an activating group) is 1. The molecule has 0 aliphatic heterocycles. The van der Waals surface area contributed by atoms with E-state index in [4.69, 9.17) is 19.9 Å². The molecule has 2 aromatic carbocycles. The van der Waals surface area contributed by atoms with Gasteiger partial charge in [-0.15, -0.1) is 17.5 Å². The number of carbonyl (C=O) groups is 1. The first-order chi connectivity index (χ1) is 14.5. The minimum Gasteiger partial charge on any atom is -0.497 e. The summed E-state index contributed by atoms with van der Waals surface area (Å²) in [5, 5.41) is 4.55. The topological polar surface area (TPSA) is 91.8 Å². The largest absolute Gasteiger partial charge is 0.497 e. The van der Waals surface area contributed by atoms with Crippen molar-refractivity contribution in [3.8, 4) is 34.3 Å². The maximum absolute atomic E-state index is 11.9. The molecule has 166 valence electrons. The van der Waals surface area contributed by atoms with Crippen molar-refractivity contribution in [3.05, 3.63) is 54.6 Å². The third kappa shape index (κ3) is 6.13. The fourth-order valence-electron chi connectivity index (χ4n) is 2.72. The monoisotopic (exact) mass is 446 g/mol. The lowest BCUT2D eigenvalue weighted by atomic mass is 10.1. The Labute approximate surface area is 187 Å². The first-order valence-electron chi connectivity index (χ1n) is 9.52. The molecule has 0 saturated carbocycles. The van der Waals surface area contributed by atoms with E-state index in [2.05, 4.69) is 5.10 Å². The Morgan fingerprint density at radius 1 is 1.03 bits per heavy atom. The van der Waals surface area contributed by atoms with Crippen LogP contribution in [0.3, 0.4) is 0 Å². The Bertz CT molecular complexity index is 972. The quantitative estimate of drug-likeness (QED) is 0.543. The molecule has 0 fully saturated rings. The van der Waals surface area contributed by atoms with Gasteiger partial charge in [-0.25, -0.2) is 4.68 Å². The Morgan fingerprint density at radius 3 is 2.26 bits per heavy atom. The second kappa shape index (κ2) is 11.2. The predicted octanol–water partition coefficient (Wildman–Crippen LogP) is 2.77. The van der Waals surface area contributed by atoms with Crippen molar-refractivity contribution in [2.45, 2.75) is 0 Å². The van der Waals surface area contributed by atoms with E-state index in [0.717, 1.165) is 28.4 Å². The number of ether oxygens (including phenoxy) is 3. The maximum Gasteiger partial charge on any atom is 0.260 e. The van der Waals surface area contributed by atoms with Crippen LogP contribution in [-0.4, -0.2) is 61.6 Å². The van der Waals surface area contributed by atoms with Gasteiger partial charge in [-0.05, 0) is 48.5 Å². The lowest BCUT2D eigenvalue weighted by molar-refractivity contribution is -0.130. The molecule has 1 aromatic heterocycles. The number of amides is 1. The van der Waals surface area contributed by atoms with E-state index < -0.39 is 0 Å². The zero-order valence-electron chi connectivity index (χ0n) is 17.8. The van der Waals surface area contributed by atoms with Crippen molar-refractivity contribution in [2.75, 3.05) is 41.0 Å². The molecule has 0 saturated heterocycles. The highest BCUT2D eigenvalue weighted by molar-refractivity contribution is 5.85. The minimum atomic E-state index is -0.142. The molecule has 1 heterocycles. The molecule has 8 nitrogen and oxygen atoms in total. The van der Waals surface area contributed by atoms with Crippen LogP contribution in [-0.2, 0) is 4.79 Å². The van der Waals surface area contributed by atoms with E-state index >= 15 is 0 Å². The van der Waals surface area contributed by atoms with E-state index in [1.807, 2.05) is 54.6 Å². The van der Waals surface area contributed by atoms with Gasteiger partial charge in [-0.2, -0.15) is 0 Å². The molecule has 1 amide bonds. The maximum atomic E-state index is 11.9. The zero-order chi connectivity index (χ0) is 21.5. The third-order valence-electron chi connectivity index (χ3n) is 4.38. The summed E-state index contributed by atoms with van der Waals surface area (Å²) in [7, 11) is 4.99. The number of nitrogens with two attached hydrogens (primary N) is 1. The lowest BCUT2D eigenvalue weighted by Gasteiger charge is -2.10. The molecule has 9 heteroatoms. The molecule has 0 aliphatic rings. The summed E-state index contributed by atoms with van der Waals surface area (Å²) in [6.45, 7) is 0.831. The average molecular weight is 447 g/mol. The predicted molar refractivity (Wildman–Crippen MR) is 122 cm³/mol. The number of nitrogens with zero attached hydrogens (tertiary/aromatic N) is 3. The number of benzene rings is 2. The van der Waals surface area contributed by atoms with E-state index in [-0.39, 0.29) is 24.9 Å². The Balaban J connectivity index is 0.00000341. The first kappa shape index (κ1) is 24.0. The minimum absolute atomic E-state index is 0. The Morgan fingerprint density at radius 2 is 1.68 bits per heavy atom. The van der Waals surface area contributed by atoms with Gasteiger partial charge in [0.1, 0.15) is 18.1 Å². The van der Waals surface area contributed by atoms with E-state index in [9.17, 15) is 4.79 Å². The third-order valence-corrected chi connectivity index (χ3v) is 4.38. The van der Waals surface area contributed by atoms with Crippen LogP contribution < -0.4 is 19.9 Å². The number of hydrogen-bond acceptors (Lipinski definition) is 6. The van der Waals surface area contributed by atoms with Crippen molar-refractivity contribution in [2.24, 2.45) is 5.73 Å². The molecule has 2 N–H and O–H groups in total. The Kier molecular flexibility index (Phi) is 8.72. The number of hydrogen-bond donors (Lipinski definition) is 1. The fourth-order valence-corrected chi connectivity index (χ4v) is 2.72. The van der Waals surface area contributed by atoms with E-state index in [0.29, 0.717) is 19.0 Å². The molecule has 0 spiro atoms. The summed E-state index contributed by atoms with van der Waals surface area (Å²) in [4.78, 5) is 13.3. The van der Waals surface area contributed by atoms with Crippen LogP contribution in [0.1, 0.15) is 0 Å². The molecule has 3 rings (SSSR count). The molecule has 0 bridgehead atoms. The summed E-state index contributed by atoms with van der Waals surface area (Å²) in [6.07, 6.45) is 0. The van der Waals surface area contributed by atoms with Gasteiger partial charge in [0, 0.05) is 32.3 Å². The van der Waals surface area contributed by atoms with E-state index in [1.54, 1.807) is 25.9 Å². The molecular formula is C22H27ClN4O4. The number of halogens is 1. The molecule has 3 aromatic rings. The summed E-state index contributed by atoms with van der Waals surface area (Å²) in [5.74, 6) is 1.71. The zero-order valence-corrected chi connectivity index (χ0v) is 18.6. The van der Waals surface area contributed by atoms with Crippen molar-refractivity contribution >= 4 is 18.3 Å². The summed E-state index contributed by atoms with van der Waals surface area (Å²) < 4.78 is 18.2. The SMILES string of the molecule is COc1ccc(-n2nc(OCC(=O)N(C)C)cc2-c2ccc(OCCN)cc2)cc1.Cl. The second-order valence-corrected chi connectivity index (χ2v) is 6.72. The molecule has 0 aliphatic carbocycles. The van der Waals surface area contributed by atoms with Gasteiger partial charge >= 0.3 is 0 Å². The summed E-state index contributed by atoms with van der Waals surface area (Å²) in [5.41, 5.74) is 8.06. The first-order valence-corrected chi connectivity index (χ1v) is 9.52. The molecule has 0 unspecified atom stereocenters. The van der Waals surface area contributed by atoms with Crippen LogP contribution in [0.5, 0.6) is 17.4 Å². The van der Waals surface area contributed by atoms with Gasteiger partial charge in [0.05, 0.1) is 18.5 Å². The molecular weight excluding hydrogens is 420 g/mol. The molecule has 31 heavy (non-hydrogen) atoms. The molecule has 0 radical (unpaired) electrons. The highest BCUT2D eigenvalue weighted by atomic mass is 35.5. The highest BCUT2D eigenvalue weighted by Gasteiger charge is 2.15. The summed E-state index contributed by atoms with van der Waals surface area (Å²) in [6, 6.07) is 17.0. The average Bonchev–Trinajstić information content (AvgIpc) is 3.20.